The molecule has 0 aliphatic rings. The van der Waals surface area contributed by atoms with Crippen molar-refractivity contribution in [1.82, 2.24) is 9.97 Å². The molecule has 0 bridgehead atoms. The highest BCUT2D eigenvalue weighted by Crippen LogP contribution is 2.20. The molecule has 6 nitrogen and oxygen atoms in total. The smallest absolute Gasteiger partial charge is 0.148 e. The second kappa shape index (κ2) is 5.50. The Kier molecular flexibility index (Phi) is 3.78. The molecular weight excluding hydrogens is 230 g/mol. The van der Waals surface area contributed by atoms with Gasteiger partial charge in [-0.05, 0) is 25.5 Å². The van der Waals surface area contributed by atoms with E-state index in [-0.39, 0.29) is 0 Å². The second-order valence-corrected chi connectivity index (χ2v) is 3.91. The monoisotopic (exact) mass is 247 g/mol. The first kappa shape index (κ1) is 12.4. The third-order valence-corrected chi connectivity index (χ3v) is 2.66. The largest absolute Gasteiger partial charge is 0.465 e. The molecule has 0 spiro atoms. The zero-order valence-corrected chi connectivity index (χ0v) is 10.5. The molecule has 2 aromatic heterocycles. The summed E-state index contributed by atoms with van der Waals surface area (Å²) in [4.78, 5) is 8.30. The summed E-state index contributed by atoms with van der Waals surface area (Å²) in [5.74, 6) is 8.60. The first-order valence-corrected chi connectivity index (χ1v) is 5.84. The Morgan fingerprint density at radius 3 is 2.67 bits per heavy atom. The maximum absolute atomic E-state index is 5.49. The number of hydrogen-bond acceptors (Lipinski definition) is 6. The molecule has 2 heterocycles. The van der Waals surface area contributed by atoms with E-state index in [1.807, 2.05) is 26.0 Å². The minimum Gasteiger partial charge on any atom is -0.465 e. The maximum atomic E-state index is 5.49. The SMILES string of the molecule is CCc1c(NN)ncnc1NCc1ccc(C)o1. The predicted molar refractivity (Wildman–Crippen MR) is 70.0 cm³/mol. The van der Waals surface area contributed by atoms with E-state index in [4.69, 9.17) is 10.3 Å². The molecule has 0 aromatic carbocycles. The first-order chi connectivity index (χ1) is 8.74. The van der Waals surface area contributed by atoms with Crippen LogP contribution in [0.2, 0.25) is 0 Å². The molecule has 4 N–H and O–H groups in total. The van der Waals surface area contributed by atoms with Gasteiger partial charge in [0.2, 0.25) is 0 Å². The van der Waals surface area contributed by atoms with Crippen molar-refractivity contribution in [2.75, 3.05) is 10.7 Å². The van der Waals surface area contributed by atoms with E-state index < -0.39 is 0 Å². The summed E-state index contributed by atoms with van der Waals surface area (Å²) in [5, 5.41) is 3.23. The summed E-state index contributed by atoms with van der Waals surface area (Å²) in [6, 6.07) is 3.88. The lowest BCUT2D eigenvalue weighted by atomic mass is 10.2. The van der Waals surface area contributed by atoms with Crippen LogP contribution in [-0.2, 0) is 13.0 Å². The normalized spacial score (nSPS) is 10.4. The third kappa shape index (κ3) is 2.60. The van der Waals surface area contributed by atoms with Crippen molar-refractivity contribution in [3.63, 3.8) is 0 Å². The average Bonchev–Trinajstić information content (AvgIpc) is 2.81. The van der Waals surface area contributed by atoms with E-state index in [0.29, 0.717) is 12.4 Å². The number of hydrogen-bond donors (Lipinski definition) is 3. The molecule has 0 amide bonds. The van der Waals surface area contributed by atoms with Crippen LogP contribution in [-0.4, -0.2) is 9.97 Å². The molecule has 2 aromatic rings. The van der Waals surface area contributed by atoms with Gasteiger partial charge in [-0.2, -0.15) is 0 Å². The van der Waals surface area contributed by atoms with Gasteiger partial charge in [-0.1, -0.05) is 6.92 Å². The van der Waals surface area contributed by atoms with Gasteiger partial charge < -0.3 is 15.2 Å². The Morgan fingerprint density at radius 1 is 1.28 bits per heavy atom. The summed E-state index contributed by atoms with van der Waals surface area (Å²) >= 11 is 0. The van der Waals surface area contributed by atoms with E-state index >= 15 is 0 Å². The van der Waals surface area contributed by atoms with E-state index in [1.165, 1.54) is 6.33 Å². The fraction of sp³-hybridized carbons (Fsp3) is 0.333. The number of aryl methyl sites for hydroxylation is 1. The van der Waals surface area contributed by atoms with Crippen LogP contribution in [0.1, 0.15) is 24.0 Å². The van der Waals surface area contributed by atoms with Crippen LogP contribution in [0.25, 0.3) is 0 Å². The van der Waals surface area contributed by atoms with Crippen molar-refractivity contribution in [2.45, 2.75) is 26.8 Å². The number of rotatable bonds is 5. The molecular formula is C12H17N5O. The lowest BCUT2D eigenvalue weighted by Crippen LogP contribution is -2.13. The molecule has 0 fully saturated rings. The molecule has 6 heteroatoms. The van der Waals surface area contributed by atoms with Crippen molar-refractivity contribution in [3.05, 3.63) is 35.5 Å². The van der Waals surface area contributed by atoms with Crippen LogP contribution in [0.4, 0.5) is 11.6 Å². The molecule has 18 heavy (non-hydrogen) atoms. The molecule has 0 radical (unpaired) electrons. The summed E-state index contributed by atoms with van der Waals surface area (Å²) in [5.41, 5.74) is 3.54. The fourth-order valence-corrected chi connectivity index (χ4v) is 1.77. The van der Waals surface area contributed by atoms with Crippen LogP contribution < -0.4 is 16.6 Å². The Morgan fingerprint density at radius 2 is 2.06 bits per heavy atom. The zero-order chi connectivity index (χ0) is 13.0. The summed E-state index contributed by atoms with van der Waals surface area (Å²) in [7, 11) is 0. The first-order valence-electron chi connectivity index (χ1n) is 5.84. The number of nitrogens with one attached hydrogen (secondary N) is 2. The molecule has 0 aliphatic carbocycles. The van der Waals surface area contributed by atoms with E-state index in [9.17, 15) is 0 Å². The second-order valence-electron chi connectivity index (χ2n) is 3.91. The van der Waals surface area contributed by atoms with Gasteiger partial charge in [-0.25, -0.2) is 15.8 Å². The highest BCUT2D eigenvalue weighted by Gasteiger charge is 2.09. The van der Waals surface area contributed by atoms with Crippen LogP contribution in [0, 0.1) is 6.92 Å². The molecule has 0 unspecified atom stereocenters. The van der Waals surface area contributed by atoms with E-state index in [2.05, 4.69) is 20.7 Å². The molecule has 0 aliphatic heterocycles. The lowest BCUT2D eigenvalue weighted by Gasteiger charge is -2.11. The fourth-order valence-electron chi connectivity index (χ4n) is 1.77. The van der Waals surface area contributed by atoms with Gasteiger partial charge in [0, 0.05) is 5.56 Å². The number of anilines is 2. The maximum Gasteiger partial charge on any atom is 0.148 e. The van der Waals surface area contributed by atoms with E-state index in [1.54, 1.807) is 0 Å². The van der Waals surface area contributed by atoms with Crippen molar-refractivity contribution in [2.24, 2.45) is 5.84 Å². The average molecular weight is 247 g/mol. The summed E-state index contributed by atoms with van der Waals surface area (Å²) < 4.78 is 5.49. The number of nitrogens with zero attached hydrogens (tertiary/aromatic N) is 2. The summed E-state index contributed by atoms with van der Waals surface area (Å²) in [6.07, 6.45) is 2.27. The minimum absolute atomic E-state index is 0.585. The van der Waals surface area contributed by atoms with Crippen LogP contribution >= 0.6 is 0 Å². The Bertz CT molecular complexity index is 523. The van der Waals surface area contributed by atoms with Gasteiger partial charge in [-0.15, -0.1) is 0 Å². The molecule has 0 atom stereocenters. The predicted octanol–water partition coefficient (Wildman–Crippen LogP) is 1.84. The number of hydrazine groups is 1. The van der Waals surface area contributed by atoms with Gasteiger partial charge in [0.25, 0.3) is 0 Å². The highest BCUT2D eigenvalue weighted by atomic mass is 16.3. The van der Waals surface area contributed by atoms with Gasteiger partial charge in [0.15, 0.2) is 0 Å². The zero-order valence-electron chi connectivity index (χ0n) is 10.5. The molecule has 2 rings (SSSR count). The van der Waals surface area contributed by atoms with Crippen molar-refractivity contribution < 1.29 is 4.42 Å². The van der Waals surface area contributed by atoms with Crippen molar-refractivity contribution >= 4 is 11.6 Å². The Hall–Kier alpha value is -2.08. The van der Waals surface area contributed by atoms with Crippen molar-refractivity contribution in [3.8, 4) is 0 Å². The van der Waals surface area contributed by atoms with Gasteiger partial charge in [0.05, 0.1) is 6.54 Å². The number of aromatic nitrogens is 2. The van der Waals surface area contributed by atoms with Crippen LogP contribution in [0.3, 0.4) is 0 Å². The van der Waals surface area contributed by atoms with Gasteiger partial charge in [-0.3, -0.25) is 0 Å². The molecule has 96 valence electrons. The Balaban J connectivity index is 2.13. The number of nitrogens with two attached hydrogens (primary N) is 1. The van der Waals surface area contributed by atoms with E-state index in [0.717, 1.165) is 29.3 Å². The standard InChI is InChI=1S/C12H17N5O/c1-3-10-11(15-7-16-12(10)17-13)14-6-9-5-4-8(2)18-9/h4-5,7H,3,6,13H2,1-2H3,(H2,14,15,16,17). The molecule has 0 saturated heterocycles. The lowest BCUT2D eigenvalue weighted by molar-refractivity contribution is 0.490. The van der Waals surface area contributed by atoms with Gasteiger partial charge in [0.1, 0.15) is 29.5 Å². The molecule has 0 saturated carbocycles. The summed E-state index contributed by atoms with van der Waals surface area (Å²) in [6.45, 7) is 4.53. The highest BCUT2D eigenvalue weighted by molar-refractivity contribution is 5.56. The van der Waals surface area contributed by atoms with Crippen molar-refractivity contribution in [1.29, 1.82) is 0 Å². The third-order valence-electron chi connectivity index (χ3n) is 2.66. The Labute approximate surface area is 106 Å². The minimum atomic E-state index is 0.585. The van der Waals surface area contributed by atoms with Crippen LogP contribution in [0.15, 0.2) is 22.9 Å². The number of furan rings is 1. The van der Waals surface area contributed by atoms with Crippen LogP contribution in [0.5, 0.6) is 0 Å². The quantitative estimate of drug-likeness (QED) is 0.552. The van der Waals surface area contributed by atoms with Gasteiger partial charge >= 0.3 is 0 Å². The number of nitrogen functional groups attached to an aromatic ring is 1. The topological polar surface area (TPSA) is 89.0 Å².